The lowest BCUT2D eigenvalue weighted by atomic mass is 10.1. The monoisotopic (exact) mass is 342 g/mol. The summed E-state index contributed by atoms with van der Waals surface area (Å²) in [7, 11) is 0. The van der Waals surface area contributed by atoms with Crippen molar-refractivity contribution < 1.29 is 14.0 Å². The third-order valence-electron chi connectivity index (χ3n) is 4.21. The van der Waals surface area contributed by atoms with Gasteiger partial charge in [-0.25, -0.2) is 0 Å². The van der Waals surface area contributed by atoms with E-state index >= 15 is 0 Å². The Morgan fingerprint density at radius 1 is 0.692 bits per heavy atom. The van der Waals surface area contributed by atoms with Crippen LogP contribution in [0.2, 0.25) is 0 Å². The zero-order valence-corrected chi connectivity index (χ0v) is 13.6. The molecule has 0 spiro atoms. The summed E-state index contributed by atoms with van der Waals surface area (Å²) in [5, 5.41) is 3.39. The van der Waals surface area contributed by atoms with E-state index in [0.717, 1.165) is 11.1 Å². The highest BCUT2D eigenvalue weighted by Gasteiger charge is 2.10. The Labute approximate surface area is 161 Å². The van der Waals surface area contributed by atoms with Gasteiger partial charge in [-0.3, -0.25) is 0 Å². The molecule has 1 heterocycles. The summed E-state index contributed by atoms with van der Waals surface area (Å²) < 4.78 is 63.1. The van der Waals surface area contributed by atoms with Crippen molar-refractivity contribution in [1.82, 2.24) is 0 Å². The maximum absolute atomic E-state index is 8.47. The molecule has 4 aromatic carbocycles. The van der Waals surface area contributed by atoms with Gasteiger partial charge in [-0.05, 0) is 41.4 Å². The molecule has 5 rings (SSSR count). The molecule has 1 aromatic heterocycles. The van der Waals surface area contributed by atoms with Gasteiger partial charge in [-0.15, -0.1) is 0 Å². The van der Waals surface area contributed by atoms with Crippen molar-refractivity contribution in [2.45, 2.75) is 0 Å². The number of benzene rings is 4. The predicted molar refractivity (Wildman–Crippen MR) is 109 cm³/mol. The second-order valence-electron chi connectivity index (χ2n) is 5.83. The van der Waals surface area contributed by atoms with E-state index in [1.54, 1.807) is 0 Å². The van der Waals surface area contributed by atoms with E-state index in [1.807, 2.05) is 54.6 Å². The van der Waals surface area contributed by atoms with Crippen molar-refractivity contribution in [3.05, 3.63) is 96.9 Å². The van der Waals surface area contributed by atoms with Crippen LogP contribution in [-0.4, -0.2) is 0 Å². The van der Waals surface area contributed by atoms with E-state index in [-0.39, 0.29) is 57.8 Å². The number of anilines is 2. The van der Waals surface area contributed by atoms with Crippen LogP contribution < -0.4 is 5.32 Å². The number of fused-ring (bicyclic) bond motifs is 3. The molecule has 124 valence electrons. The van der Waals surface area contributed by atoms with Gasteiger partial charge in [0.25, 0.3) is 0 Å². The molecule has 0 unspecified atom stereocenters. The van der Waals surface area contributed by atoms with Crippen molar-refractivity contribution in [3.63, 3.8) is 0 Å². The standard InChI is InChI=1S/C24H17NO/c1-2-7-17(8-3-1)18-13-15-19(16-14-18)25-21-10-6-12-23-24(21)20-9-4-5-11-22(20)26-23/h1-16,25H/i4D,5D,6D,9D,10D,11D,12D. The Balaban J connectivity index is 1.73. The molecule has 0 aliphatic rings. The van der Waals surface area contributed by atoms with Crippen LogP contribution >= 0.6 is 0 Å². The number of para-hydroxylation sites is 1. The summed E-state index contributed by atoms with van der Waals surface area (Å²) in [6.07, 6.45) is 0. The summed E-state index contributed by atoms with van der Waals surface area (Å²) in [4.78, 5) is 0. The summed E-state index contributed by atoms with van der Waals surface area (Å²) in [6, 6.07) is 14.8. The van der Waals surface area contributed by atoms with E-state index in [1.165, 1.54) is 0 Å². The lowest BCUT2D eigenvalue weighted by Crippen LogP contribution is -1.90. The number of nitrogens with one attached hydrogen (secondary N) is 1. The largest absolute Gasteiger partial charge is 0.456 e. The second kappa shape index (κ2) is 6.08. The lowest BCUT2D eigenvalue weighted by molar-refractivity contribution is 0.669. The second-order valence-corrected chi connectivity index (χ2v) is 5.83. The van der Waals surface area contributed by atoms with Gasteiger partial charge in [0, 0.05) is 11.1 Å². The maximum atomic E-state index is 8.47. The van der Waals surface area contributed by atoms with Gasteiger partial charge in [-0.2, -0.15) is 0 Å². The third kappa shape index (κ3) is 2.52. The predicted octanol–water partition coefficient (Wildman–Crippen LogP) is 7.00. The van der Waals surface area contributed by atoms with Crippen LogP contribution in [0.4, 0.5) is 11.4 Å². The first kappa shape index (κ1) is 9.25. The molecule has 0 aliphatic heterocycles. The Hall–Kier alpha value is -3.52. The van der Waals surface area contributed by atoms with Crippen LogP contribution in [0, 0.1) is 0 Å². The summed E-state index contributed by atoms with van der Waals surface area (Å²) >= 11 is 0. The van der Waals surface area contributed by atoms with E-state index in [2.05, 4.69) is 5.32 Å². The smallest absolute Gasteiger partial charge is 0.137 e. The molecule has 1 N–H and O–H groups in total. The summed E-state index contributed by atoms with van der Waals surface area (Å²) in [5.41, 5.74) is 2.68. The Morgan fingerprint density at radius 2 is 1.42 bits per heavy atom. The van der Waals surface area contributed by atoms with Crippen LogP contribution in [-0.2, 0) is 0 Å². The molecular formula is C24H17NO. The first-order chi connectivity index (χ1) is 15.8. The van der Waals surface area contributed by atoms with Crippen LogP contribution in [0.15, 0.2) is 101 Å². The average molecular weight is 342 g/mol. The van der Waals surface area contributed by atoms with E-state index < -0.39 is 12.1 Å². The highest BCUT2D eigenvalue weighted by molar-refractivity contribution is 6.11. The third-order valence-corrected chi connectivity index (χ3v) is 4.21. The summed E-state index contributed by atoms with van der Waals surface area (Å²) in [5.74, 6) is 0. The van der Waals surface area contributed by atoms with E-state index in [0.29, 0.717) is 5.69 Å². The van der Waals surface area contributed by atoms with Crippen LogP contribution in [0.5, 0.6) is 0 Å². The molecule has 0 atom stereocenters. The molecule has 0 saturated carbocycles. The highest BCUT2D eigenvalue weighted by Crippen LogP contribution is 2.35. The lowest BCUT2D eigenvalue weighted by Gasteiger charge is -2.09. The van der Waals surface area contributed by atoms with Gasteiger partial charge < -0.3 is 9.73 Å². The molecule has 0 amide bonds. The Bertz CT molecular complexity index is 1540. The van der Waals surface area contributed by atoms with Gasteiger partial charge in [-0.1, -0.05) is 66.6 Å². The normalized spacial score (nSPS) is 14.8. The molecule has 2 heteroatoms. The van der Waals surface area contributed by atoms with Gasteiger partial charge in [0.1, 0.15) is 11.2 Å². The highest BCUT2D eigenvalue weighted by atomic mass is 16.3. The van der Waals surface area contributed by atoms with Crippen molar-refractivity contribution in [2.75, 3.05) is 5.32 Å². The molecule has 0 radical (unpaired) electrons. The molecule has 2 nitrogen and oxygen atoms in total. The molecule has 5 aromatic rings. The zero-order valence-electron chi connectivity index (χ0n) is 20.6. The minimum absolute atomic E-state index is 0.0543. The fourth-order valence-electron chi connectivity index (χ4n) is 2.97. The van der Waals surface area contributed by atoms with Gasteiger partial charge in [0.15, 0.2) is 0 Å². The Kier molecular flexibility index (Phi) is 2.17. The number of furan rings is 1. The van der Waals surface area contributed by atoms with E-state index in [9.17, 15) is 0 Å². The average Bonchev–Trinajstić information content (AvgIpc) is 3.24. The fraction of sp³-hybridized carbons (Fsp3) is 0. The zero-order chi connectivity index (χ0) is 23.4. The SMILES string of the molecule is [2H]c1c([2H])c([2H])c2c(oc3c([2H])c([2H])c([2H])c(Nc4ccc(-c5ccccc5)cc4)c32)c1[2H]. The molecule has 0 saturated heterocycles. The Morgan fingerprint density at radius 3 is 2.27 bits per heavy atom. The van der Waals surface area contributed by atoms with Crippen molar-refractivity contribution in [1.29, 1.82) is 0 Å². The minimum atomic E-state index is -0.443. The molecule has 0 bridgehead atoms. The topological polar surface area (TPSA) is 25.2 Å². The maximum Gasteiger partial charge on any atom is 0.137 e. The van der Waals surface area contributed by atoms with Crippen LogP contribution in [0.1, 0.15) is 9.60 Å². The van der Waals surface area contributed by atoms with Gasteiger partial charge in [0.05, 0.1) is 20.7 Å². The van der Waals surface area contributed by atoms with Crippen LogP contribution in [0.3, 0.4) is 0 Å². The summed E-state index contributed by atoms with van der Waals surface area (Å²) in [6.45, 7) is 0. The minimum Gasteiger partial charge on any atom is -0.456 e. The first-order valence-corrected chi connectivity index (χ1v) is 8.14. The molecule has 0 aliphatic carbocycles. The molecule has 0 fully saturated rings. The van der Waals surface area contributed by atoms with E-state index in [4.69, 9.17) is 14.0 Å². The van der Waals surface area contributed by atoms with Crippen molar-refractivity contribution >= 4 is 33.3 Å². The van der Waals surface area contributed by atoms with Gasteiger partial charge in [0.2, 0.25) is 0 Å². The molecule has 26 heavy (non-hydrogen) atoms. The molecular weight excluding hydrogens is 318 g/mol. The number of hydrogen-bond donors (Lipinski definition) is 1. The van der Waals surface area contributed by atoms with Crippen molar-refractivity contribution in [3.8, 4) is 11.1 Å². The quantitative estimate of drug-likeness (QED) is 0.382. The number of rotatable bonds is 3. The fourth-order valence-corrected chi connectivity index (χ4v) is 2.97. The van der Waals surface area contributed by atoms with Gasteiger partial charge >= 0.3 is 0 Å². The first-order valence-electron chi connectivity index (χ1n) is 11.6. The van der Waals surface area contributed by atoms with Crippen LogP contribution in [0.25, 0.3) is 33.1 Å². The number of hydrogen-bond acceptors (Lipinski definition) is 2. The van der Waals surface area contributed by atoms with Crippen molar-refractivity contribution in [2.24, 2.45) is 0 Å².